The highest BCUT2D eigenvalue weighted by molar-refractivity contribution is 6.33. The molecule has 0 saturated carbocycles. The molecule has 0 aliphatic heterocycles. The van der Waals surface area contributed by atoms with E-state index in [1.165, 1.54) is 0 Å². The number of H-pyrrole nitrogens is 1. The first-order valence-electron chi connectivity index (χ1n) is 9.39. The Hall–Kier alpha value is -4.21. The van der Waals surface area contributed by atoms with Gasteiger partial charge in [0.15, 0.2) is 0 Å². The van der Waals surface area contributed by atoms with Crippen molar-refractivity contribution in [2.24, 2.45) is 5.10 Å². The molecule has 4 aromatic rings. The molecule has 6 nitrogen and oxygen atoms in total. The Balaban J connectivity index is 1.54. The zero-order chi connectivity index (χ0) is 21.6. The largest absolute Gasteiger partial charge is 0.290 e. The normalized spacial score (nSPS) is 10.7. The molecule has 0 unspecified atom stereocenters. The predicted molar refractivity (Wildman–Crippen MR) is 123 cm³/mol. The van der Waals surface area contributed by atoms with Crippen LogP contribution in [0, 0.1) is 11.3 Å². The van der Waals surface area contributed by atoms with E-state index < -0.39 is 5.56 Å². The molecule has 0 saturated heterocycles. The number of nitrogens with one attached hydrogen (secondary N) is 2. The van der Waals surface area contributed by atoms with Crippen molar-refractivity contribution in [3.05, 3.63) is 105 Å². The molecule has 0 radical (unpaired) electrons. The zero-order valence-electron chi connectivity index (χ0n) is 16.2. The molecule has 0 aliphatic rings. The van der Waals surface area contributed by atoms with Gasteiger partial charge in [0.25, 0.3) is 5.56 Å². The quantitative estimate of drug-likeness (QED) is 0.344. The Morgan fingerprint density at radius 2 is 1.68 bits per heavy atom. The minimum Gasteiger partial charge on any atom is -0.290 e. The van der Waals surface area contributed by atoms with Gasteiger partial charge in [0.1, 0.15) is 11.6 Å². The van der Waals surface area contributed by atoms with Crippen LogP contribution in [0.3, 0.4) is 0 Å². The second-order valence-corrected chi connectivity index (χ2v) is 7.00. The molecule has 4 rings (SSSR count). The third-order valence-electron chi connectivity index (χ3n) is 4.56. The molecular weight excluding hydrogens is 410 g/mol. The lowest BCUT2D eigenvalue weighted by molar-refractivity contribution is 1.08. The molecule has 31 heavy (non-hydrogen) atoms. The van der Waals surface area contributed by atoms with Gasteiger partial charge in [0.2, 0.25) is 5.95 Å². The van der Waals surface area contributed by atoms with Crippen molar-refractivity contribution in [2.45, 2.75) is 0 Å². The number of aromatic amines is 1. The molecule has 7 heteroatoms. The van der Waals surface area contributed by atoms with Crippen LogP contribution < -0.4 is 11.0 Å². The van der Waals surface area contributed by atoms with Crippen molar-refractivity contribution >= 4 is 23.8 Å². The summed E-state index contributed by atoms with van der Waals surface area (Å²) in [6.45, 7) is 0. The minimum atomic E-state index is -0.529. The summed E-state index contributed by atoms with van der Waals surface area (Å²) < 4.78 is 0. The average Bonchev–Trinajstić information content (AvgIpc) is 2.80. The van der Waals surface area contributed by atoms with Crippen LogP contribution in [0.4, 0.5) is 5.95 Å². The standard InChI is InChI=1S/C24H16ClN5O/c25-21-9-5-4-8-19(21)17-12-10-16(11-13-17)15-27-30-24-28-22(18-6-2-1-3-7-18)20(14-26)23(31)29-24/h1-13,15H,(H2,28,29,30,31). The van der Waals surface area contributed by atoms with Gasteiger partial charge in [-0.15, -0.1) is 0 Å². The van der Waals surface area contributed by atoms with Gasteiger partial charge < -0.3 is 0 Å². The number of aromatic nitrogens is 2. The van der Waals surface area contributed by atoms with Gasteiger partial charge in [-0.1, -0.05) is 84.4 Å². The number of anilines is 1. The lowest BCUT2D eigenvalue weighted by atomic mass is 10.0. The summed E-state index contributed by atoms with van der Waals surface area (Å²) >= 11 is 6.25. The second kappa shape index (κ2) is 9.08. The summed E-state index contributed by atoms with van der Waals surface area (Å²) in [7, 11) is 0. The fourth-order valence-electron chi connectivity index (χ4n) is 3.05. The van der Waals surface area contributed by atoms with Gasteiger partial charge in [-0.25, -0.2) is 10.4 Å². The highest BCUT2D eigenvalue weighted by Gasteiger charge is 2.12. The summed E-state index contributed by atoms with van der Waals surface area (Å²) in [5.41, 5.74) is 5.93. The fraction of sp³-hybridized carbons (Fsp3) is 0. The van der Waals surface area contributed by atoms with Gasteiger partial charge in [-0.3, -0.25) is 9.78 Å². The Labute approximate surface area is 183 Å². The molecule has 2 N–H and O–H groups in total. The van der Waals surface area contributed by atoms with E-state index in [2.05, 4.69) is 20.5 Å². The van der Waals surface area contributed by atoms with Gasteiger partial charge in [0, 0.05) is 16.1 Å². The van der Waals surface area contributed by atoms with Crippen molar-refractivity contribution in [1.82, 2.24) is 9.97 Å². The first-order valence-corrected chi connectivity index (χ1v) is 9.77. The third kappa shape index (κ3) is 4.53. The van der Waals surface area contributed by atoms with Crippen LogP contribution in [0.2, 0.25) is 5.02 Å². The predicted octanol–water partition coefficient (Wildman–Crippen LogP) is 5.07. The number of rotatable bonds is 5. The summed E-state index contributed by atoms with van der Waals surface area (Å²) in [4.78, 5) is 19.2. The molecule has 0 bridgehead atoms. The molecule has 1 aromatic heterocycles. The van der Waals surface area contributed by atoms with Crippen LogP contribution >= 0.6 is 11.6 Å². The molecule has 150 valence electrons. The Morgan fingerprint density at radius 3 is 2.39 bits per heavy atom. The van der Waals surface area contributed by atoms with Gasteiger partial charge in [0.05, 0.1) is 11.9 Å². The Morgan fingerprint density at radius 1 is 0.968 bits per heavy atom. The SMILES string of the molecule is N#Cc1c(-c2ccccc2)nc(NN=Cc2ccc(-c3ccccc3Cl)cc2)[nH]c1=O. The van der Waals surface area contributed by atoms with Crippen molar-refractivity contribution in [3.8, 4) is 28.5 Å². The van der Waals surface area contributed by atoms with E-state index in [0.29, 0.717) is 16.3 Å². The van der Waals surface area contributed by atoms with Crippen LogP contribution in [0.1, 0.15) is 11.1 Å². The van der Waals surface area contributed by atoms with E-state index in [9.17, 15) is 10.1 Å². The van der Waals surface area contributed by atoms with E-state index in [0.717, 1.165) is 16.7 Å². The van der Waals surface area contributed by atoms with Gasteiger partial charge in [-0.2, -0.15) is 10.4 Å². The van der Waals surface area contributed by atoms with Crippen molar-refractivity contribution < 1.29 is 0 Å². The summed E-state index contributed by atoms with van der Waals surface area (Å²) in [5.74, 6) is 0.145. The smallest absolute Gasteiger partial charge is 0.270 e. The number of nitriles is 1. The molecule has 0 aliphatic carbocycles. The molecule has 0 fully saturated rings. The van der Waals surface area contributed by atoms with Crippen LogP contribution in [0.15, 0.2) is 88.8 Å². The third-order valence-corrected chi connectivity index (χ3v) is 4.89. The zero-order valence-corrected chi connectivity index (χ0v) is 17.0. The molecule has 1 heterocycles. The van der Waals surface area contributed by atoms with E-state index in [4.69, 9.17) is 11.6 Å². The van der Waals surface area contributed by atoms with Gasteiger partial charge >= 0.3 is 0 Å². The van der Waals surface area contributed by atoms with Gasteiger partial charge in [-0.05, 0) is 17.2 Å². The molecule has 0 spiro atoms. The highest BCUT2D eigenvalue weighted by atomic mass is 35.5. The first-order chi connectivity index (χ1) is 15.2. The van der Waals surface area contributed by atoms with Crippen LogP contribution in [0.25, 0.3) is 22.4 Å². The highest BCUT2D eigenvalue weighted by Crippen LogP contribution is 2.27. The van der Waals surface area contributed by atoms with E-state index >= 15 is 0 Å². The van der Waals surface area contributed by atoms with Crippen LogP contribution in [-0.2, 0) is 0 Å². The van der Waals surface area contributed by atoms with Crippen molar-refractivity contribution in [1.29, 1.82) is 5.26 Å². The van der Waals surface area contributed by atoms with E-state index in [-0.39, 0.29) is 11.5 Å². The number of hydrogen-bond acceptors (Lipinski definition) is 5. The maximum absolute atomic E-state index is 12.3. The maximum atomic E-state index is 12.3. The van der Waals surface area contributed by atoms with Crippen LogP contribution in [-0.4, -0.2) is 16.2 Å². The van der Waals surface area contributed by atoms with E-state index in [1.807, 2.05) is 72.8 Å². The number of hydrogen-bond donors (Lipinski definition) is 2. The number of halogens is 1. The first kappa shape index (κ1) is 20.1. The lowest BCUT2D eigenvalue weighted by Crippen LogP contribution is -2.16. The number of hydrazone groups is 1. The van der Waals surface area contributed by atoms with E-state index in [1.54, 1.807) is 18.3 Å². The summed E-state index contributed by atoms with van der Waals surface area (Å²) in [5, 5.41) is 14.2. The second-order valence-electron chi connectivity index (χ2n) is 6.59. The summed E-state index contributed by atoms with van der Waals surface area (Å²) in [6, 6.07) is 26.4. The lowest BCUT2D eigenvalue weighted by Gasteiger charge is -2.06. The molecule has 0 amide bonds. The molecule has 0 atom stereocenters. The topological polar surface area (TPSA) is 93.9 Å². The fourth-order valence-corrected chi connectivity index (χ4v) is 3.29. The van der Waals surface area contributed by atoms with Crippen molar-refractivity contribution in [3.63, 3.8) is 0 Å². The van der Waals surface area contributed by atoms with Crippen LogP contribution in [0.5, 0.6) is 0 Å². The average molecular weight is 426 g/mol. The molecular formula is C24H16ClN5O. The Bertz CT molecular complexity index is 1340. The number of benzene rings is 3. The molecule has 3 aromatic carbocycles. The van der Waals surface area contributed by atoms with Crippen molar-refractivity contribution in [2.75, 3.05) is 5.43 Å². The Kier molecular flexibility index (Phi) is 5.88. The maximum Gasteiger partial charge on any atom is 0.270 e. The summed E-state index contributed by atoms with van der Waals surface area (Å²) in [6.07, 6.45) is 1.61. The monoisotopic (exact) mass is 425 g/mol. The minimum absolute atomic E-state index is 0.0455. The number of nitrogens with zero attached hydrogens (tertiary/aromatic N) is 3.